The quantitative estimate of drug-likeness (QED) is 0.156. The van der Waals surface area contributed by atoms with E-state index in [1.54, 1.807) is 54.6 Å². The lowest BCUT2D eigenvalue weighted by molar-refractivity contribution is -0.140. The zero-order valence-electron chi connectivity index (χ0n) is 27.3. The Morgan fingerprint density at radius 3 is 2.02 bits per heavy atom. The van der Waals surface area contributed by atoms with E-state index in [2.05, 4.69) is 5.32 Å². The van der Waals surface area contributed by atoms with Crippen molar-refractivity contribution in [1.29, 1.82) is 0 Å². The van der Waals surface area contributed by atoms with Crippen LogP contribution in [-0.4, -0.2) is 43.8 Å². The summed E-state index contributed by atoms with van der Waals surface area (Å²) in [4.78, 5) is 29.9. The van der Waals surface area contributed by atoms with Gasteiger partial charge in [0.2, 0.25) is 11.8 Å². The Morgan fingerprint density at radius 2 is 1.41 bits per heavy atom. The normalized spacial score (nSPS) is 14.5. The van der Waals surface area contributed by atoms with Gasteiger partial charge >= 0.3 is 6.18 Å². The number of amides is 2. The molecular weight excluding hydrogens is 746 g/mol. The van der Waals surface area contributed by atoms with Crippen molar-refractivity contribution >= 4 is 62.3 Å². The molecular formula is C37H35Cl3F3N3O4S. The number of nitrogens with one attached hydrogen (secondary N) is 1. The Kier molecular flexibility index (Phi) is 12.6. The maximum absolute atomic E-state index is 14.7. The summed E-state index contributed by atoms with van der Waals surface area (Å²) in [6, 6.07) is 22.0. The first-order valence-corrected chi connectivity index (χ1v) is 18.8. The van der Waals surface area contributed by atoms with Crippen LogP contribution >= 0.6 is 34.8 Å². The highest BCUT2D eigenvalue weighted by Gasteiger charge is 2.38. The van der Waals surface area contributed by atoms with Crippen molar-refractivity contribution in [3.05, 3.63) is 129 Å². The van der Waals surface area contributed by atoms with Crippen molar-refractivity contribution in [2.24, 2.45) is 0 Å². The van der Waals surface area contributed by atoms with Crippen molar-refractivity contribution in [2.45, 2.75) is 68.2 Å². The molecule has 270 valence electrons. The van der Waals surface area contributed by atoms with Crippen molar-refractivity contribution in [3.63, 3.8) is 0 Å². The average Bonchev–Trinajstić information content (AvgIpc) is 3.10. The van der Waals surface area contributed by atoms with Gasteiger partial charge in [0, 0.05) is 34.6 Å². The van der Waals surface area contributed by atoms with Gasteiger partial charge in [-0.2, -0.15) is 13.2 Å². The molecule has 1 fully saturated rings. The Bertz CT molecular complexity index is 1920. The van der Waals surface area contributed by atoms with Crippen LogP contribution in [0.3, 0.4) is 0 Å². The molecule has 0 radical (unpaired) electrons. The van der Waals surface area contributed by atoms with Crippen LogP contribution in [0.15, 0.2) is 102 Å². The monoisotopic (exact) mass is 779 g/mol. The highest BCUT2D eigenvalue weighted by atomic mass is 35.5. The highest BCUT2D eigenvalue weighted by Crippen LogP contribution is 2.38. The second kappa shape index (κ2) is 16.7. The number of carbonyl (C=O) groups excluding carboxylic acids is 2. The van der Waals surface area contributed by atoms with Gasteiger partial charge in [0.1, 0.15) is 12.6 Å². The molecule has 51 heavy (non-hydrogen) atoms. The molecule has 0 aliphatic heterocycles. The van der Waals surface area contributed by atoms with Gasteiger partial charge in [-0.25, -0.2) is 8.42 Å². The number of sulfonamides is 1. The van der Waals surface area contributed by atoms with Crippen LogP contribution in [0.2, 0.25) is 15.1 Å². The third kappa shape index (κ3) is 9.57. The number of alkyl halides is 3. The molecule has 0 spiro atoms. The van der Waals surface area contributed by atoms with Gasteiger partial charge in [0.05, 0.1) is 21.2 Å². The lowest BCUT2D eigenvalue weighted by Crippen LogP contribution is -2.55. The summed E-state index contributed by atoms with van der Waals surface area (Å²) >= 11 is 19.0. The topological polar surface area (TPSA) is 86.8 Å². The van der Waals surface area contributed by atoms with E-state index in [-0.39, 0.29) is 33.9 Å². The average molecular weight is 781 g/mol. The first-order chi connectivity index (χ1) is 24.3. The van der Waals surface area contributed by atoms with Crippen molar-refractivity contribution in [1.82, 2.24) is 10.2 Å². The molecule has 14 heteroatoms. The molecule has 1 aliphatic carbocycles. The van der Waals surface area contributed by atoms with Crippen molar-refractivity contribution in [2.75, 3.05) is 10.8 Å². The van der Waals surface area contributed by atoms with E-state index >= 15 is 0 Å². The van der Waals surface area contributed by atoms with Crippen LogP contribution in [0.4, 0.5) is 18.9 Å². The standard InChI is InChI=1S/C37H35Cl3F3N3O4S/c38-31-17-10-18-32(39)29(31)23-45(34(21-25-11-4-1-5-12-25)36(48)44-26-13-6-2-7-14-26)35(47)24-46(51(49,50)28-15-8-3-9-16-28)27-19-20-33(40)30(22-27)37(41,42)43/h1,3-5,8-12,15-20,22,26,34H,2,6-7,13-14,21,23-24H2,(H,44,48)/t34-/m0/s1. The number of rotatable bonds is 12. The maximum Gasteiger partial charge on any atom is 0.417 e. The van der Waals surface area contributed by atoms with Crippen LogP contribution in [0, 0.1) is 0 Å². The van der Waals surface area contributed by atoms with E-state index in [1.165, 1.54) is 29.2 Å². The first-order valence-electron chi connectivity index (χ1n) is 16.3. The molecule has 1 saturated carbocycles. The minimum Gasteiger partial charge on any atom is -0.352 e. The molecule has 1 N–H and O–H groups in total. The number of hydrogen-bond acceptors (Lipinski definition) is 4. The predicted molar refractivity (Wildman–Crippen MR) is 193 cm³/mol. The smallest absolute Gasteiger partial charge is 0.352 e. The van der Waals surface area contributed by atoms with Crippen LogP contribution in [-0.2, 0) is 38.8 Å². The van der Waals surface area contributed by atoms with Gasteiger partial charge < -0.3 is 10.2 Å². The van der Waals surface area contributed by atoms with Crippen LogP contribution in [0.25, 0.3) is 0 Å². The zero-order chi connectivity index (χ0) is 36.8. The lowest BCUT2D eigenvalue weighted by atomic mass is 9.94. The van der Waals surface area contributed by atoms with Gasteiger partial charge in [-0.1, -0.05) is 109 Å². The molecule has 7 nitrogen and oxygen atoms in total. The molecule has 0 bridgehead atoms. The van der Waals surface area contributed by atoms with Crippen LogP contribution < -0.4 is 9.62 Å². The molecule has 2 amide bonds. The Hall–Kier alpha value is -3.77. The number of carbonyl (C=O) groups is 2. The van der Waals surface area contributed by atoms with Gasteiger partial charge in [-0.3, -0.25) is 13.9 Å². The molecule has 1 aliphatic rings. The van der Waals surface area contributed by atoms with Crippen molar-refractivity contribution in [3.8, 4) is 0 Å². The summed E-state index contributed by atoms with van der Waals surface area (Å²) in [6.07, 6.45) is -0.465. The third-order valence-corrected chi connectivity index (χ3v) is 11.6. The summed E-state index contributed by atoms with van der Waals surface area (Å²) < 4.78 is 71.0. The van der Waals surface area contributed by atoms with E-state index in [0.717, 1.165) is 44.2 Å². The summed E-state index contributed by atoms with van der Waals surface area (Å²) in [7, 11) is -4.65. The number of hydrogen-bond donors (Lipinski definition) is 1. The van der Waals surface area contributed by atoms with E-state index in [0.29, 0.717) is 21.5 Å². The van der Waals surface area contributed by atoms with E-state index in [1.807, 2.05) is 0 Å². The fourth-order valence-electron chi connectivity index (χ4n) is 6.09. The Labute approximate surface area is 310 Å². The predicted octanol–water partition coefficient (Wildman–Crippen LogP) is 8.95. The Morgan fingerprint density at radius 1 is 0.804 bits per heavy atom. The SMILES string of the molecule is O=C(NC1CCCCC1)[C@H](Cc1ccccc1)N(Cc1c(Cl)cccc1Cl)C(=O)CN(c1ccc(Cl)c(C(F)(F)F)c1)S(=O)(=O)c1ccccc1. The number of anilines is 1. The summed E-state index contributed by atoms with van der Waals surface area (Å²) in [5, 5.41) is 2.85. The molecule has 0 aromatic heterocycles. The first kappa shape index (κ1) is 38.5. The minimum absolute atomic E-state index is 0.0395. The molecule has 0 unspecified atom stereocenters. The fraction of sp³-hybridized carbons (Fsp3) is 0.297. The lowest BCUT2D eigenvalue weighted by Gasteiger charge is -2.35. The van der Waals surface area contributed by atoms with Gasteiger partial charge in [-0.05, 0) is 60.9 Å². The summed E-state index contributed by atoms with van der Waals surface area (Å²) in [5.41, 5.74) is -0.714. The zero-order valence-corrected chi connectivity index (χ0v) is 30.3. The summed E-state index contributed by atoms with van der Waals surface area (Å²) in [5.74, 6) is -1.35. The largest absolute Gasteiger partial charge is 0.417 e. The molecule has 0 heterocycles. The van der Waals surface area contributed by atoms with E-state index in [4.69, 9.17) is 34.8 Å². The number of halogens is 6. The molecule has 0 saturated heterocycles. The van der Waals surface area contributed by atoms with E-state index in [9.17, 15) is 31.2 Å². The second-order valence-electron chi connectivity index (χ2n) is 12.3. The maximum atomic E-state index is 14.7. The van der Waals surface area contributed by atoms with Gasteiger partial charge in [-0.15, -0.1) is 0 Å². The molecule has 4 aromatic carbocycles. The van der Waals surface area contributed by atoms with E-state index < -0.39 is 56.9 Å². The minimum atomic E-state index is -4.93. The number of benzene rings is 4. The van der Waals surface area contributed by atoms with Gasteiger partial charge in [0.25, 0.3) is 10.0 Å². The van der Waals surface area contributed by atoms with Crippen LogP contribution in [0.5, 0.6) is 0 Å². The van der Waals surface area contributed by atoms with Gasteiger partial charge in [0.15, 0.2) is 0 Å². The molecule has 1 atom stereocenters. The number of nitrogens with zero attached hydrogens (tertiary/aromatic N) is 2. The molecule has 5 rings (SSSR count). The highest BCUT2D eigenvalue weighted by molar-refractivity contribution is 7.92. The fourth-order valence-corrected chi connectivity index (χ4v) is 8.25. The third-order valence-electron chi connectivity index (χ3n) is 8.77. The second-order valence-corrected chi connectivity index (χ2v) is 15.3. The Balaban J connectivity index is 1.63. The molecule has 4 aromatic rings. The summed E-state index contributed by atoms with van der Waals surface area (Å²) in [6.45, 7) is -1.28. The van der Waals surface area contributed by atoms with Crippen LogP contribution in [0.1, 0.15) is 48.8 Å². The van der Waals surface area contributed by atoms with Crippen molar-refractivity contribution < 1.29 is 31.2 Å².